The fraction of sp³-hybridized carbons (Fsp3) is 0.480. The van der Waals surface area contributed by atoms with Crippen molar-refractivity contribution in [3.63, 3.8) is 0 Å². The predicted molar refractivity (Wildman–Crippen MR) is 121 cm³/mol. The minimum absolute atomic E-state index is 0.0536. The molecule has 0 saturated carbocycles. The van der Waals surface area contributed by atoms with Gasteiger partial charge in [0.2, 0.25) is 0 Å². The third-order valence-electron chi connectivity index (χ3n) is 5.93. The Kier molecular flexibility index (Phi) is 8.74. The number of hydrogen-bond acceptors (Lipinski definition) is 4. The van der Waals surface area contributed by atoms with Crippen molar-refractivity contribution >= 4 is 17.4 Å². The van der Waals surface area contributed by atoms with Gasteiger partial charge in [0.05, 0.1) is 0 Å². The second-order valence-corrected chi connectivity index (χ2v) is 8.57. The molecule has 2 aromatic rings. The summed E-state index contributed by atoms with van der Waals surface area (Å²) in [6, 6.07) is 14.1. The van der Waals surface area contributed by atoms with E-state index < -0.39 is 0 Å². The van der Waals surface area contributed by atoms with E-state index >= 15 is 0 Å². The first-order valence-electron chi connectivity index (χ1n) is 10.9. The summed E-state index contributed by atoms with van der Waals surface area (Å²) in [5, 5.41) is 10.2. The van der Waals surface area contributed by atoms with Crippen LogP contribution >= 0.6 is 11.6 Å². The van der Waals surface area contributed by atoms with Crippen LogP contribution in [0, 0.1) is 12.8 Å². The fourth-order valence-corrected chi connectivity index (χ4v) is 4.23. The highest BCUT2D eigenvalue weighted by Gasteiger charge is 2.21. The molecule has 1 heterocycles. The number of ether oxygens (including phenoxy) is 1. The van der Waals surface area contributed by atoms with Gasteiger partial charge in [-0.2, -0.15) is 0 Å². The van der Waals surface area contributed by atoms with Crippen LogP contribution in [0.15, 0.2) is 42.5 Å². The molecule has 1 unspecified atom stereocenters. The number of benzene rings is 2. The summed E-state index contributed by atoms with van der Waals surface area (Å²) >= 11 is 6.26. The van der Waals surface area contributed by atoms with Crippen molar-refractivity contribution in [2.45, 2.75) is 39.0 Å². The van der Waals surface area contributed by atoms with Crippen molar-refractivity contribution in [1.82, 2.24) is 4.90 Å². The molecular formula is C25H32ClNO3. The summed E-state index contributed by atoms with van der Waals surface area (Å²) in [6.45, 7) is 5.04. The largest absolute Gasteiger partial charge is 0.492 e. The number of aliphatic hydroxyl groups excluding tert-OH is 1. The van der Waals surface area contributed by atoms with E-state index in [9.17, 15) is 9.90 Å². The van der Waals surface area contributed by atoms with Gasteiger partial charge in [-0.1, -0.05) is 35.4 Å². The molecule has 0 spiro atoms. The quantitative estimate of drug-likeness (QED) is 0.735. The molecule has 162 valence electrons. The Morgan fingerprint density at radius 2 is 1.83 bits per heavy atom. The average Bonchev–Trinajstić information content (AvgIpc) is 2.76. The molecular weight excluding hydrogens is 398 g/mol. The first-order chi connectivity index (χ1) is 14.5. The SMILES string of the molecule is Cc1ccc(OCCN2CCC(=O)C(CCO)CCc3ccc(Cl)cc3CC2)cc1. The summed E-state index contributed by atoms with van der Waals surface area (Å²) < 4.78 is 5.91. The highest BCUT2D eigenvalue weighted by Crippen LogP contribution is 2.23. The zero-order valence-corrected chi connectivity index (χ0v) is 18.5. The lowest BCUT2D eigenvalue weighted by Crippen LogP contribution is -2.33. The van der Waals surface area contributed by atoms with E-state index in [1.807, 2.05) is 30.3 Å². The Labute approximate surface area is 184 Å². The molecule has 0 saturated heterocycles. The molecule has 1 atom stereocenters. The number of carbonyl (C=O) groups excluding carboxylic acids is 1. The highest BCUT2D eigenvalue weighted by molar-refractivity contribution is 6.30. The van der Waals surface area contributed by atoms with Crippen molar-refractivity contribution in [3.05, 3.63) is 64.2 Å². The molecule has 0 radical (unpaired) electrons. The van der Waals surface area contributed by atoms with Crippen molar-refractivity contribution in [1.29, 1.82) is 0 Å². The van der Waals surface area contributed by atoms with Gasteiger partial charge < -0.3 is 9.84 Å². The van der Waals surface area contributed by atoms with E-state index in [1.54, 1.807) is 0 Å². The van der Waals surface area contributed by atoms with Gasteiger partial charge in [0, 0.05) is 43.6 Å². The van der Waals surface area contributed by atoms with Crippen LogP contribution in [0.3, 0.4) is 0 Å². The van der Waals surface area contributed by atoms with E-state index in [0.717, 1.165) is 43.1 Å². The molecule has 0 aromatic heterocycles. The molecule has 3 rings (SSSR count). The zero-order valence-electron chi connectivity index (χ0n) is 17.8. The third kappa shape index (κ3) is 6.83. The summed E-state index contributed by atoms with van der Waals surface area (Å²) in [4.78, 5) is 15.1. The minimum Gasteiger partial charge on any atom is -0.492 e. The van der Waals surface area contributed by atoms with Crippen LogP contribution in [-0.4, -0.2) is 48.6 Å². The van der Waals surface area contributed by atoms with Gasteiger partial charge in [-0.25, -0.2) is 0 Å². The first kappa shape index (κ1) is 22.8. The highest BCUT2D eigenvalue weighted by atomic mass is 35.5. The average molecular weight is 430 g/mol. The van der Waals surface area contributed by atoms with E-state index in [4.69, 9.17) is 16.3 Å². The molecule has 1 aliphatic heterocycles. The van der Waals surface area contributed by atoms with Crippen LogP contribution in [0.25, 0.3) is 0 Å². The van der Waals surface area contributed by atoms with Crippen LogP contribution in [0.4, 0.5) is 0 Å². The van der Waals surface area contributed by atoms with Crippen LogP contribution < -0.4 is 4.74 Å². The van der Waals surface area contributed by atoms with Gasteiger partial charge in [-0.15, -0.1) is 0 Å². The number of aliphatic hydroxyl groups is 1. The number of rotatable bonds is 6. The standard InChI is InChI=1S/C25H32ClNO3/c1-19-2-8-24(9-3-19)30-17-15-27-13-10-22-18-23(26)7-6-20(22)4-5-21(12-16-28)25(29)11-14-27/h2-3,6-9,18,21,28H,4-5,10-17H2,1H3. The molecule has 4 nitrogen and oxygen atoms in total. The number of ketones is 1. The fourth-order valence-electron chi connectivity index (χ4n) is 4.04. The lowest BCUT2D eigenvalue weighted by Gasteiger charge is -2.23. The summed E-state index contributed by atoms with van der Waals surface area (Å²) in [6.07, 6.45) is 3.59. The molecule has 5 heteroatoms. The summed E-state index contributed by atoms with van der Waals surface area (Å²) in [5.41, 5.74) is 3.72. The van der Waals surface area contributed by atoms with E-state index in [1.165, 1.54) is 16.7 Å². The maximum absolute atomic E-state index is 12.8. The van der Waals surface area contributed by atoms with Crippen molar-refractivity contribution in [3.8, 4) is 5.75 Å². The molecule has 1 aliphatic rings. The second-order valence-electron chi connectivity index (χ2n) is 8.13. The number of hydrogen-bond donors (Lipinski definition) is 1. The number of Topliss-reactive ketones (excluding diaryl/α,β-unsaturated/α-hetero) is 1. The van der Waals surface area contributed by atoms with E-state index in [0.29, 0.717) is 26.0 Å². The van der Waals surface area contributed by atoms with Gasteiger partial charge in [-0.3, -0.25) is 9.69 Å². The molecule has 1 N–H and O–H groups in total. The van der Waals surface area contributed by atoms with Gasteiger partial charge >= 0.3 is 0 Å². The Morgan fingerprint density at radius 1 is 1.07 bits per heavy atom. The normalized spacial score (nSPS) is 18.5. The van der Waals surface area contributed by atoms with E-state index in [2.05, 4.69) is 24.0 Å². The number of nitrogens with zero attached hydrogens (tertiary/aromatic N) is 1. The molecule has 0 amide bonds. The molecule has 0 aliphatic carbocycles. The Morgan fingerprint density at radius 3 is 2.60 bits per heavy atom. The summed E-state index contributed by atoms with van der Waals surface area (Å²) in [5.74, 6) is 1.04. The smallest absolute Gasteiger partial charge is 0.137 e. The zero-order chi connectivity index (χ0) is 21.3. The van der Waals surface area contributed by atoms with Crippen molar-refractivity contribution < 1.29 is 14.6 Å². The third-order valence-corrected chi connectivity index (χ3v) is 6.17. The van der Waals surface area contributed by atoms with Crippen LogP contribution in [0.1, 0.15) is 36.0 Å². The molecule has 0 fully saturated rings. The number of fused-ring (bicyclic) bond motifs is 1. The lowest BCUT2D eigenvalue weighted by atomic mass is 9.90. The minimum atomic E-state index is -0.0812. The van der Waals surface area contributed by atoms with Crippen molar-refractivity contribution in [2.24, 2.45) is 5.92 Å². The maximum Gasteiger partial charge on any atom is 0.137 e. The summed E-state index contributed by atoms with van der Waals surface area (Å²) in [7, 11) is 0. The number of halogens is 1. The second kappa shape index (κ2) is 11.5. The predicted octanol–water partition coefficient (Wildman–Crippen LogP) is 4.48. The lowest BCUT2D eigenvalue weighted by molar-refractivity contribution is -0.123. The van der Waals surface area contributed by atoms with Crippen LogP contribution in [0.5, 0.6) is 5.75 Å². The number of aryl methyl sites for hydroxylation is 2. The van der Waals surface area contributed by atoms with E-state index in [-0.39, 0.29) is 18.3 Å². The maximum atomic E-state index is 12.8. The Hall–Kier alpha value is -1.88. The van der Waals surface area contributed by atoms with Crippen LogP contribution in [-0.2, 0) is 17.6 Å². The number of carbonyl (C=O) groups is 1. The Bertz CT molecular complexity index is 822. The first-order valence-corrected chi connectivity index (χ1v) is 11.3. The molecule has 0 bridgehead atoms. The van der Waals surface area contributed by atoms with Gasteiger partial charge in [0.1, 0.15) is 18.1 Å². The van der Waals surface area contributed by atoms with Gasteiger partial charge in [0.15, 0.2) is 0 Å². The van der Waals surface area contributed by atoms with Crippen LogP contribution in [0.2, 0.25) is 5.02 Å². The monoisotopic (exact) mass is 429 g/mol. The molecule has 2 aromatic carbocycles. The Balaban J connectivity index is 1.68. The van der Waals surface area contributed by atoms with Gasteiger partial charge in [0.25, 0.3) is 0 Å². The van der Waals surface area contributed by atoms with Crippen molar-refractivity contribution in [2.75, 3.05) is 32.8 Å². The molecule has 30 heavy (non-hydrogen) atoms. The van der Waals surface area contributed by atoms with Gasteiger partial charge in [-0.05, 0) is 68.0 Å². The topological polar surface area (TPSA) is 49.8 Å².